The number of hydrogen-bond donors (Lipinski definition) is 16. The monoisotopic (exact) mass is 1030 g/mol. The van der Waals surface area contributed by atoms with Gasteiger partial charge in [0.2, 0.25) is 53.2 Å². The molecule has 28 heteroatoms. The number of phenolic OH excluding ortho intramolecular Hbond substituents is 1. The maximum atomic E-state index is 14.0. The SMILES string of the molecule is CC(=O)NCSC[C@H](N)C(=O)N[C@@H](Cc1ccc(O)cc1)C(=O)N[C@@H](CCCN=C(N)N)C(=O)N[C@@H](CC(N)=O)C(=O)N[C@H](C(=O)N[C@@H](CS)C(=O)N[C@@H](CO)C(=O)N[C@@H](CC(C)C)C(=O)O)C(C)C. The first-order valence-electron chi connectivity index (χ1n) is 22.1. The summed E-state index contributed by atoms with van der Waals surface area (Å²) in [6.45, 7) is 6.88. The summed E-state index contributed by atoms with van der Waals surface area (Å²) in [5.41, 5.74) is 22.9. The molecule has 0 spiro atoms. The smallest absolute Gasteiger partial charge is 0.326 e. The fourth-order valence-electron chi connectivity index (χ4n) is 6.17. The highest BCUT2D eigenvalue weighted by Crippen LogP contribution is 2.13. The van der Waals surface area contributed by atoms with Crippen LogP contribution < -0.4 is 65.5 Å². The van der Waals surface area contributed by atoms with E-state index in [0.29, 0.717) is 5.56 Å². The van der Waals surface area contributed by atoms with Crippen LogP contribution in [-0.2, 0) is 54.4 Å². The highest BCUT2D eigenvalue weighted by molar-refractivity contribution is 7.99. The van der Waals surface area contributed by atoms with E-state index in [1.165, 1.54) is 45.0 Å². The van der Waals surface area contributed by atoms with Gasteiger partial charge in [-0.1, -0.05) is 39.8 Å². The molecule has 26 nitrogen and oxygen atoms in total. The van der Waals surface area contributed by atoms with Crippen LogP contribution in [-0.4, -0.2) is 159 Å². The zero-order valence-electron chi connectivity index (χ0n) is 39.7. The van der Waals surface area contributed by atoms with E-state index >= 15 is 0 Å². The molecular formula is C42H69N13O13S2. The molecule has 0 fully saturated rings. The van der Waals surface area contributed by atoms with Crippen LogP contribution in [0.4, 0.5) is 0 Å². The number of nitrogens with zero attached hydrogens (tertiary/aromatic N) is 1. The van der Waals surface area contributed by atoms with Crippen molar-refractivity contribution in [1.29, 1.82) is 0 Å². The molecule has 1 aromatic carbocycles. The van der Waals surface area contributed by atoms with E-state index in [2.05, 4.69) is 60.2 Å². The van der Waals surface area contributed by atoms with Crippen molar-refractivity contribution in [1.82, 2.24) is 42.5 Å². The summed E-state index contributed by atoms with van der Waals surface area (Å²) in [4.78, 5) is 134. The predicted octanol–water partition coefficient (Wildman–Crippen LogP) is -4.88. The van der Waals surface area contributed by atoms with Crippen molar-refractivity contribution in [2.75, 3.05) is 30.5 Å². The summed E-state index contributed by atoms with van der Waals surface area (Å²) >= 11 is 5.27. The van der Waals surface area contributed by atoms with Crippen LogP contribution in [0.2, 0.25) is 0 Å². The molecule has 9 amide bonds. The molecule has 1 rings (SSSR count). The van der Waals surface area contributed by atoms with Gasteiger partial charge in [0.25, 0.3) is 0 Å². The number of amides is 9. The van der Waals surface area contributed by atoms with E-state index in [4.69, 9.17) is 22.9 Å². The van der Waals surface area contributed by atoms with Gasteiger partial charge in [-0.25, -0.2) is 4.79 Å². The minimum Gasteiger partial charge on any atom is -0.508 e. The van der Waals surface area contributed by atoms with Crippen LogP contribution in [0.15, 0.2) is 29.3 Å². The Morgan fingerprint density at radius 2 is 1.21 bits per heavy atom. The van der Waals surface area contributed by atoms with Gasteiger partial charge in [0.15, 0.2) is 5.96 Å². The van der Waals surface area contributed by atoms with Gasteiger partial charge in [-0.05, 0) is 48.8 Å². The number of rotatable bonds is 32. The van der Waals surface area contributed by atoms with E-state index in [0.717, 1.165) is 11.8 Å². The van der Waals surface area contributed by atoms with Crippen molar-refractivity contribution in [3.8, 4) is 5.75 Å². The summed E-state index contributed by atoms with van der Waals surface area (Å²) in [5.74, 6) is -10.7. The Bertz CT molecular complexity index is 1990. The lowest BCUT2D eigenvalue weighted by Crippen LogP contribution is -2.61. The molecule has 0 saturated heterocycles. The van der Waals surface area contributed by atoms with E-state index < -0.39 is 121 Å². The first kappa shape index (κ1) is 61.6. The average molecular weight is 1030 g/mol. The fourth-order valence-corrected chi connectivity index (χ4v) is 7.26. The molecule has 392 valence electrons. The molecule has 0 bridgehead atoms. The van der Waals surface area contributed by atoms with Crippen molar-refractivity contribution in [2.24, 2.45) is 39.8 Å². The number of carbonyl (C=O) groups is 10. The zero-order valence-corrected chi connectivity index (χ0v) is 41.4. The molecule has 70 heavy (non-hydrogen) atoms. The summed E-state index contributed by atoms with van der Waals surface area (Å²) in [5, 5.41) is 48.6. The molecule has 0 aliphatic heterocycles. The second kappa shape index (κ2) is 31.7. The highest BCUT2D eigenvalue weighted by atomic mass is 32.2. The minimum absolute atomic E-state index is 0.0142. The molecule has 1 aromatic rings. The Hall–Kier alpha value is -6.39. The molecule has 0 saturated carbocycles. The lowest BCUT2D eigenvalue weighted by Gasteiger charge is -2.28. The van der Waals surface area contributed by atoms with Crippen LogP contribution in [0.3, 0.4) is 0 Å². The molecule has 8 atom stereocenters. The summed E-state index contributed by atoms with van der Waals surface area (Å²) in [6, 6.07) is -5.93. The topological polar surface area (TPSA) is 444 Å². The normalized spacial score (nSPS) is 14.4. The molecule has 0 radical (unpaired) electrons. The second-order valence-electron chi connectivity index (χ2n) is 16.8. The Kier molecular flexibility index (Phi) is 27.9. The molecule has 0 unspecified atom stereocenters. The summed E-state index contributed by atoms with van der Waals surface area (Å²) < 4.78 is 0. The Balaban J connectivity index is 3.39. The molecule has 0 heterocycles. The van der Waals surface area contributed by atoms with E-state index in [9.17, 15) is 63.3 Å². The lowest BCUT2D eigenvalue weighted by atomic mass is 10.0. The maximum absolute atomic E-state index is 14.0. The van der Waals surface area contributed by atoms with Crippen LogP contribution in [0, 0.1) is 11.8 Å². The number of phenols is 1. The third-order valence-corrected chi connectivity index (χ3v) is 11.2. The quantitative estimate of drug-likeness (QED) is 0.0106. The van der Waals surface area contributed by atoms with Gasteiger partial charge in [0, 0.05) is 31.4 Å². The molecular weight excluding hydrogens is 959 g/mol. The van der Waals surface area contributed by atoms with Crippen molar-refractivity contribution in [3.63, 3.8) is 0 Å². The molecule has 0 aliphatic carbocycles. The Morgan fingerprint density at radius 1 is 0.700 bits per heavy atom. The van der Waals surface area contributed by atoms with E-state index in [-0.39, 0.29) is 73.1 Å². The Labute approximate surface area is 414 Å². The van der Waals surface area contributed by atoms with Gasteiger partial charge in [-0.15, -0.1) is 11.8 Å². The van der Waals surface area contributed by atoms with Crippen LogP contribution >= 0.6 is 24.4 Å². The second-order valence-corrected chi connectivity index (χ2v) is 18.2. The van der Waals surface area contributed by atoms with Gasteiger partial charge in [-0.3, -0.25) is 48.1 Å². The fraction of sp³-hybridized carbons (Fsp3) is 0.595. The number of nitrogens with two attached hydrogens (primary N) is 4. The van der Waals surface area contributed by atoms with Crippen molar-refractivity contribution >= 4 is 89.5 Å². The van der Waals surface area contributed by atoms with Crippen LogP contribution in [0.1, 0.15) is 65.9 Å². The van der Waals surface area contributed by atoms with Gasteiger partial charge in [0.05, 0.1) is 24.9 Å². The third kappa shape index (κ3) is 23.8. The third-order valence-electron chi connectivity index (χ3n) is 9.88. The van der Waals surface area contributed by atoms with Gasteiger partial charge in [0.1, 0.15) is 48.0 Å². The molecule has 19 N–H and O–H groups in total. The zero-order chi connectivity index (χ0) is 53.2. The number of thiol groups is 1. The standard InChI is InChI=1S/C42H69N13O13S2/c1-20(2)13-29(41(67)68)52-38(64)30(16-56)53-39(65)31(17-69)54-40(66)33(21(3)4)55-37(63)28(15-32(44)59)51-35(61)26(7-6-12-47-42(45)46)49-36(62)27(14-23-8-10-24(58)11-9-23)50-34(60)25(43)18-70-19-48-22(5)57/h8-11,20-21,25-31,33,56,58,69H,6-7,12-19,43H2,1-5H3,(H2,44,59)(H,48,57)(H,49,62)(H,50,60)(H,51,61)(H,52,64)(H,53,65)(H,54,66)(H,55,63)(H,67,68)(H4,45,46,47)/t25-,26-,27-,28-,29-,30-,31-,33-/m0/s1. The number of aliphatic hydroxyl groups excluding tert-OH is 1. The highest BCUT2D eigenvalue weighted by Gasteiger charge is 2.35. The number of aliphatic imine (C=N–C) groups is 1. The van der Waals surface area contributed by atoms with Crippen LogP contribution in [0.25, 0.3) is 0 Å². The van der Waals surface area contributed by atoms with Crippen molar-refractivity contribution in [2.45, 2.75) is 115 Å². The van der Waals surface area contributed by atoms with Crippen molar-refractivity contribution < 1.29 is 63.3 Å². The van der Waals surface area contributed by atoms with E-state index in [1.54, 1.807) is 13.8 Å². The van der Waals surface area contributed by atoms with E-state index in [1.807, 2.05) is 0 Å². The number of aliphatic carboxylic acids is 1. The number of nitrogens with one attached hydrogen (secondary N) is 8. The number of carboxylic acid groups (broad SMARTS) is 1. The predicted molar refractivity (Wildman–Crippen MR) is 261 cm³/mol. The largest absolute Gasteiger partial charge is 0.508 e. The minimum atomic E-state index is -1.75. The number of guanidine groups is 1. The first-order chi connectivity index (χ1) is 32.8. The van der Waals surface area contributed by atoms with Gasteiger partial charge >= 0.3 is 5.97 Å². The number of aromatic hydroxyl groups is 1. The number of hydrogen-bond acceptors (Lipinski definition) is 16. The van der Waals surface area contributed by atoms with Gasteiger partial charge < -0.3 is 80.8 Å². The summed E-state index contributed by atoms with van der Waals surface area (Å²) in [6.07, 6.45) is -0.996. The van der Waals surface area contributed by atoms with Crippen molar-refractivity contribution in [3.05, 3.63) is 29.8 Å². The number of carboxylic acids is 1. The average Bonchev–Trinajstić information content (AvgIpc) is 3.27. The van der Waals surface area contributed by atoms with Gasteiger partial charge in [-0.2, -0.15) is 12.6 Å². The Morgan fingerprint density at radius 3 is 1.74 bits per heavy atom. The number of carbonyl (C=O) groups excluding carboxylic acids is 9. The number of benzene rings is 1. The maximum Gasteiger partial charge on any atom is 0.326 e. The molecule has 0 aliphatic rings. The van der Waals surface area contributed by atoms with Crippen LogP contribution in [0.5, 0.6) is 5.75 Å². The molecule has 0 aromatic heterocycles. The first-order valence-corrected chi connectivity index (χ1v) is 23.8. The summed E-state index contributed by atoms with van der Waals surface area (Å²) in [7, 11) is 0. The lowest BCUT2D eigenvalue weighted by molar-refractivity contribution is -0.143. The number of aliphatic hydroxyl groups is 1. The number of primary amides is 1. The number of thioether (sulfide) groups is 1.